The monoisotopic (exact) mass is 478 g/mol. The van der Waals surface area contributed by atoms with Crippen LogP contribution in [0.4, 0.5) is 0 Å². The topological polar surface area (TPSA) is 61.8 Å². The number of hydrogen-bond acceptors (Lipinski definition) is 5. The van der Waals surface area contributed by atoms with Crippen molar-refractivity contribution in [3.8, 4) is 22.6 Å². The first kappa shape index (κ1) is 27.9. The van der Waals surface area contributed by atoms with Gasteiger partial charge in [-0.1, -0.05) is 13.2 Å². The molecule has 0 saturated heterocycles. The molecule has 0 amide bonds. The first-order valence-electron chi connectivity index (χ1n) is 11.8. The van der Waals surface area contributed by atoms with Crippen molar-refractivity contribution in [3.05, 3.63) is 68.8 Å². The van der Waals surface area contributed by atoms with E-state index in [-0.39, 0.29) is 13.2 Å². The maximum absolute atomic E-state index is 12.2. The molecule has 188 valence electrons. The average molecular weight is 479 g/mol. The molecular formula is C30H38O5. The van der Waals surface area contributed by atoms with Gasteiger partial charge in [-0.2, -0.15) is 0 Å². The van der Waals surface area contributed by atoms with Crippen molar-refractivity contribution >= 4 is 11.9 Å². The van der Waals surface area contributed by atoms with E-state index in [1.54, 1.807) is 13.8 Å². The standard InChI is InChI=1S/C30H38O5/c1-15(2)29(31)34-14-13-33-27-21(9)17(5)25(18(6)22(27)10)26-19(7)23(11)28(24(12)20(26)8)35-30(32)16(3)4/h1,3,13-14H2,2,4-12H3. The molecule has 0 radical (unpaired) electrons. The second-order valence-electron chi connectivity index (χ2n) is 9.34. The molecule has 0 unspecified atom stereocenters. The molecule has 2 aromatic carbocycles. The molecule has 0 atom stereocenters. The number of carbonyl (C=O) groups excluding carboxylic acids is 2. The van der Waals surface area contributed by atoms with Crippen LogP contribution in [-0.2, 0) is 14.3 Å². The van der Waals surface area contributed by atoms with Crippen LogP contribution in [0.5, 0.6) is 11.5 Å². The third kappa shape index (κ3) is 5.50. The molecule has 2 rings (SSSR count). The van der Waals surface area contributed by atoms with Gasteiger partial charge in [0.2, 0.25) is 0 Å². The summed E-state index contributed by atoms with van der Waals surface area (Å²) in [5.41, 5.74) is 11.4. The highest BCUT2D eigenvalue weighted by Gasteiger charge is 2.24. The highest BCUT2D eigenvalue weighted by Crippen LogP contribution is 2.44. The lowest BCUT2D eigenvalue weighted by atomic mass is 9.82. The summed E-state index contributed by atoms with van der Waals surface area (Å²) in [4.78, 5) is 23.9. The number of benzene rings is 2. The van der Waals surface area contributed by atoms with Crippen LogP contribution in [0.15, 0.2) is 24.3 Å². The first-order valence-corrected chi connectivity index (χ1v) is 11.8. The molecule has 5 heteroatoms. The minimum atomic E-state index is -0.419. The van der Waals surface area contributed by atoms with Crippen molar-refractivity contribution in [1.82, 2.24) is 0 Å². The third-order valence-corrected chi connectivity index (χ3v) is 6.82. The van der Waals surface area contributed by atoms with Crippen LogP contribution in [-0.4, -0.2) is 25.2 Å². The Balaban J connectivity index is 2.56. The highest BCUT2D eigenvalue weighted by molar-refractivity contribution is 5.90. The Hall–Kier alpha value is -3.34. The van der Waals surface area contributed by atoms with Crippen LogP contribution in [0.3, 0.4) is 0 Å². The molecular weight excluding hydrogens is 440 g/mol. The summed E-state index contributed by atoms with van der Waals surface area (Å²) in [6.07, 6.45) is 0. The Bertz CT molecular complexity index is 1170. The normalized spacial score (nSPS) is 10.7. The van der Waals surface area contributed by atoms with Crippen LogP contribution in [0.2, 0.25) is 0 Å². The van der Waals surface area contributed by atoms with Crippen molar-refractivity contribution in [1.29, 1.82) is 0 Å². The summed E-state index contributed by atoms with van der Waals surface area (Å²) < 4.78 is 16.9. The van der Waals surface area contributed by atoms with Crippen LogP contribution in [0.1, 0.15) is 58.4 Å². The number of carbonyl (C=O) groups is 2. The Morgan fingerprint density at radius 1 is 0.571 bits per heavy atom. The summed E-state index contributed by atoms with van der Waals surface area (Å²) in [5.74, 6) is 0.576. The quantitative estimate of drug-likeness (QED) is 0.181. The predicted octanol–water partition coefficient (Wildman–Crippen LogP) is 6.80. The van der Waals surface area contributed by atoms with Gasteiger partial charge in [-0.05, 0) is 125 Å². The molecule has 0 fully saturated rings. The molecule has 0 aliphatic carbocycles. The second-order valence-corrected chi connectivity index (χ2v) is 9.34. The molecule has 0 heterocycles. The minimum Gasteiger partial charge on any atom is -0.489 e. The van der Waals surface area contributed by atoms with E-state index in [4.69, 9.17) is 14.2 Å². The molecule has 0 aromatic heterocycles. The largest absolute Gasteiger partial charge is 0.489 e. The Labute approximate surface area is 209 Å². The van der Waals surface area contributed by atoms with E-state index in [0.29, 0.717) is 16.9 Å². The molecule has 5 nitrogen and oxygen atoms in total. The SMILES string of the molecule is C=C(C)C(=O)OCCOc1c(C)c(C)c(-c2c(C)c(C)c(OC(=O)C(=C)C)c(C)c2C)c(C)c1C. The molecule has 0 saturated carbocycles. The van der Waals surface area contributed by atoms with E-state index in [1.165, 1.54) is 5.56 Å². The van der Waals surface area contributed by atoms with Crippen molar-refractivity contribution < 1.29 is 23.8 Å². The number of hydrogen-bond donors (Lipinski definition) is 0. The lowest BCUT2D eigenvalue weighted by Crippen LogP contribution is -2.14. The van der Waals surface area contributed by atoms with Crippen LogP contribution in [0, 0.1) is 55.4 Å². The van der Waals surface area contributed by atoms with E-state index in [2.05, 4.69) is 40.9 Å². The van der Waals surface area contributed by atoms with Crippen molar-refractivity contribution in [2.75, 3.05) is 13.2 Å². The third-order valence-electron chi connectivity index (χ3n) is 6.82. The smallest absolute Gasteiger partial charge is 0.338 e. The molecule has 0 bridgehead atoms. The zero-order valence-corrected chi connectivity index (χ0v) is 22.9. The number of ether oxygens (including phenoxy) is 3. The van der Waals surface area contributed by atoms with E-state index in [9.17, 15) is 9.59 Å². The summed E-state index contributed by atoms with van der Waals surface area (Å²) in [6, 6.07) is 0. The number of rotatable bonds is 8. The van der Waals surface area contributed by atoms with Crippen molar-refractivity contribution in [2.24, 2.45) is 0 Å². The van der Waals surface area contributed by atoms with Crippen LogP contribution in [0.25, 0.3) is 11.1 Å². The van der Waals surface area contributed by atoms with Gasteiger partial charge in [-0.25, -0.2) is 9.59 Å². The van der Waals surface area contributed by atoms with Gasteiger partial charge in [0, 0.05) is 11.1 Å². The molecule has 35 heavy (non-hydrogen) atoms. The van der Waals surface area contributed by atoms with Crippen LogP contribution >= 0.6 is 0 Å². The minimum absolute atomic E-state index is 0.158. The van der Waals surface area contributed by atoms with Gasteiger partial charge in [0.25, 0.3) is 0 Å². The second kappa shape index (κ2) is 10.9. The molecule has 0 aliphatic rings. The Morgan fingerprint density at radius 3 is 1.31 bits per heavy atom. The van der Waals surface area contributed by atoms with E-state index < -0.39 is 11.9 Å². The van der Waals surface area contributed by atoms with Gasteiger partial charge in [0.15, 0.2) is 0 Å². The maximum Gasteiger partial charge on any atom is 0.338 e. The molecule has 2 aromatic rings. The highest BCUT2D eigenvalue weighted by atomic mass is 16.6. The summed E-state index contributed by atoms with van der Waals surface area (Å²) in [6.45, 7) is 27.4. The van der Waals surface area contributed by atoms with Gasteiger partial charge in [-0.15, -0.1) is 0 Å². The summed E-state index contributed by atoms with van der Waals surface area (Å²) in [7, 11) is 0. The lowest BCUT2D eigenvalue weighted by Gasteiger charge is -2.26. The molecule has 0 spiro atoms. The van der Waals surface area contributed by atoms with E-state index in [1.807, 2.05) is 27.7 Å². The van der Waals surface area contributed by atoms with Gasteiger partial charge in [0.05, 0.1) is 0 Å². The van der Waals surface area contributed by atoms with Crippen molar-refractivity contribution in [2.45, 2.75) is 69.2 Å². The van der Waals surface area contributed by atoms with Crippen molar-refractivity contribution in [3.63, 3.8) is 0 Å². The van der Waals surface area contributed by atoms with Gasteiger partial charge in [0.1, 0.15) is 24.7 Å². The fourth-order valence-corrected chi connectivity index (χ4v) is 4.26. The predicted molar refractivity (Wildman–Crippen MR) is 141 cm³/mol. The van der Waals surface area contributed by atoms with Crippen LogP contribution < -0.4 is 9.47 Å². The summed E-state index contributed by atoms with van der Waals surface area (Å²) in [5, 5.41) is 0. The molecule has 0 aliphatic heterocycles. The van der Waals surface area contributed by atoms with E-state index >= 15 is 0 Å². The zero-order chi connectivity index (χ0) is 26.8. The molecule has 0 N–H and O–H groups in total. The van der Waals surface area contributed by atoms with Gasteiger partial charge < -0.3 is 14.2 Å². The lowest BCUT2D eigenvalue weighted by molar-refractivity contribution is -0.139. The van der Waals surface area contributed by atoms with E-state index in [0.717, 1.165) is 55.8 Å². The van der Waals surface area contributed by atoms with Gasteiger partial charge in [-0.3, -0.25) is 0 Å². The zero-order valence-electron chi connectivity index (χ0n) is 22.9. The average Bonchev–Trinajstić information content (AvgIpc) is 2.80. The maximum atomic E-state index is 12.2. The van der Waals surface area contributed by atoms with Gasteiger partial charge >= 0.3 is 11.9 Å². The fraction of sp³-hybridized carbons (Fsp3) is 0.400. The first-order chi connectivity index (χ1) is 16.2. The number of esters is 2. The Kier molecular flexibility index (Phi) is 8.72. The summed E-state index contributed by atoms with van der Waals surface area (Å²) >= 11 is 0. The fourth-order valence-electron chi connectivity index (χ4n) is 4.26. The Morgan fingerprint density at radius 2 is 0.943 bits per heavy atom.